The summed E-state index contributed by atoms with van der Waals surface area (Å²) in [4.78, 5) is 1.26. The average Bonchev–Trinajstić information content (AvgIpc) is 2.34. The Kier molecular flexibility index (Phi) is 3.33. The van der Waals surface area contributed by atoms with Gasteiger partial charge in [0.2, 0.25) is 8.32 Å². The highest BCUT2D eigenvalue weighted by atomic mass is 32.1. The van der Waals surface area contributed by atoms with Crippen molar-refractivity contribution in [2.45, 2.75) is 26.6 Å². The Labute approximate surface area is 85.2 Å². The van der Waals surface area contributed by atoms with Crippen LogP contribution in [0.5, 0.6) is 0 Å². The van der Waals surface area contributed by atoms with Gasteiger partial charge in [-0.25, -0.2) is 0 Å². The molecule has 0 atom stereocenters. The Balaban J connectivity index is 2.63. The molecule has 0 aliphatic carbocycles. The normalized spacial score (nSPS) is 13.1. The van der Waals surface area contributed by atoms with E-state index in [1.165, 1.54) is 4.88 Å². The van der Waals surface area contributed by atoms with Crippen LogP contribution in [0.3, 0.4) is 0 Å². The molecule has 0 fully saturated rings. The van der Waals surface area contributed by atoms with E-state index in [-0.39, 0.29) is 0 Å². The van der Waals surface area contributed by atoms with Crippen molar-refractivity contribution in [1.82, 2.24) is 0 Å². The molecular weight excluding hydrogens is 196 g/mol. The average molecular weight is 212 g/mol. The molecule has 72 valence electrons. The first-order valence-corrected chi connectivity index (χ1v) is 8.67. The van der Waals surface area contributed by atoms with Gasteiger partial charge in [-0.3, -0.25) is 0 Å². The van der Waals surface area contributed by atoms with Crippen molar-refractivity contribution in [2.75, 3.05) is 0 Å². The van der Waals surface area contributed by atoms with Crippen molar-refractivity contribution in [3.05, 3.63) is 28.1 Å². The van der Waals surface area contributed by atoms with E-state index in [0.717, 1.165) is 5.76 Å². The molecule has 0 spiro atoms. The van der Waals surface area contributed by atoms with Gasteiger partial charge in [-0.2, -0.15) is 0 Å². The fourth-order valence-corrected chi connectivity index (χ4v) is 2.82. The standard InChI is InChI=1S/C10H16OSSi/c1-9(11-13(2,3)4)8-10-6-5-7-12-10/h5-8H,1-4H3/b9-8-. The van der Waals surface area contributed by atoms with Crippen LogP contribution < -0.4 is 0 Å². The van der Waals surface area contributed by atoms with E-state index < -0.39 is 8.32 Å². The first kappa shape index (κ1) is 10.5. The lowest BCUT2D eigenvalue weighted by molar-refractivity contribution is 0.429. The fourth-order valence-electron chi connectivity index (χ4n) is 1.09. The van der Waals surface area contributed by atoms with Crippen molar-refractivity contribution in [3.63, 3.8) is 0 Å². The minimum Gasteiger partial charge on any atom is -0.548 e. The van der Waals surface area contributed by atoms with Crippen molar-refractivity contribution in [2.24, 2.45) is 0 Å². The Morgan fingerprint density at radius 1 is 1.46 bits per heavy atom. The molecule has 1 aromatic heterocycles. The second-order valence-corrected chi connectivity index (χ2v) is 9.39. The van der Waals surface area contributed by atoms with Crippen LogP contribution >= 0.6 is 11.3 Å². The lowest BCUT2D eigenvalue weighted by atomic mass is 10.4. The van der Waals surface area contributed by atoms with Gasteiger partial charge < -0.3 is 4.43 Å². The minimum atomic E-state index is -1.42. The number of hydrogen-bond donors (Lipinski definition) is 0. The second-order valence-electron chi connectivity index (χ2n) is 3.98. The number of allylic oxidation sites excluding steroid dienone is 1. The summed E-state index contributed by atoms with van der Waals surface area (Å²) in [6.07, 6.45) is 2.10. The molecule has 0 saturated heterocycles. The fraction of sp³-hybridized carbons (Fsp3) is 0.400. The predicted molar refractivity (Wildman–Crippen MR) is 62.4 cm³/mol. The Morgan fingerprint density at radius 3 is 2.62 bits per heavy atom. The zero-order valence-electron chi connectivity index (χ0n) is 8.63. The summed E-state index contributed by atoms with van der Waals surface area (Å²) in [5, 5.41) is 2.08. The molecule has 0 aliphatic rings. The van der Waals surface area contributed by atoms with E-state index in [4.69, 9.17) is 4.43 Å². The van der Waals surface area contributed by atoms with E-state index in [0.29, 0.717) is 0 Å². The molecule has 1 heterocycles. The topological polar surface area (TPSA) is 9.23 Å². The second kappa shape index (κ2) is 4.11. The van der Waals surface area contributed by atoms with E-state index in [1.54, 1.807) is 11.3 Å². The smallest absolute Gasteiger partial charge is 0.241 e. The summed E-state index contributed by atoms with van der Waals surface area (Å²) in [5.74, 6) is 1.03. The van der Waals surface area contributed by atoms with Crippen LogP contribution in [0.1, 0.15) is 11.8 Å². The molecule has 13 heavy (non-hydrogen) atoms. The van der Waals surface area contributed by atoms with Gasteiger partial charge >= 0.3 is 0 Å². The van der Waals surface area contributed by atoms with Crippen LogP contribution in [0.4, 0.5) is 0 Å². The molecule has 3 heteroatoms. The molecule has 0 aliphatic heterocycles. The summed E-state index contributed by atoms with van der Waals surface area (Å²) in [6, 6.07) is 4.15. The van der Waals surface area contributed by atoms with E-state index in [9.17, 15) is 0 Å². The lowest BCUT2D eigenvalue weighted by Gasteiger charge is -2.19. The molecule has 0 saturated carbocycles. The zero-order chi connectivity index (χ0) is 9.90. The van der Waals surface area contributed by atoms with Gasteiger partial charge in [0.15, 0.2) is 0 Å². The Bertz CT molecular complexity index is 282. The van der Waals surface area contributed by atoms with E-state index >= 15 is 0 Å². The van der Waals surface area contributed by atoms with E-state index in [1.807, 2.05) is 6.92 Å². The highest BCUT2D eigenvalue weighted by molar-refractivity contribution is 7.10. The first-order chi connectivity index (χ1) is 5.97. The molecule has 0 radical (unpaired) electrons. The van der Waals surface area contributed by atoms with Gasteiger partial charge in [0.05, 0.1) is 5.76 Å². The van der Waals surface area contributed by atoms with Crippen LogP contribution in [-0.2, 0) is 4.43 Å². The van der Waals surface area contributed by atoms with Crippen LogP contribution in [0.2, 0.25) is 19.6 Å². The monoisotopic (exact) mass is 212 g/mol. The summed E-state index contributed by atoms with van der Waals surface area (Å²) in [5.41, 5.74) is 0. The summed E-state index contributed by atoms with van der Waals surface area (Å²) in [7, 11) is -1.42. The number of thiophene rings is 1. The summed E-state index contributed by atoms with van der Waals surface area (Å²) < 4.78 is 5.82. The van der Waals surface area contributed by atoms with Crippen molar-refractivity contribution < 1.29 is 4.43 Å². The van der Waals surface area contributed by atoms with Gasteiger partial charge in [-0.1, -0.05) is 6.07 Å². The highest BCUT2D eigenvalue weighted by Crippen LogP contribution is 2.16. The quantitative estimate of drug-likeness (QED) is 0.544. The Hall–Kier alpha value is -0.543. The van der Waals surface area contributed by atoms with Crippen LogP contribution in [0.15, 0.2) is 23.3 Å². The molecule has 0 bridgehead atoms. The van der Waals surface area contributed by atoms with Gasteiger partial charge in [0.1, 0.15) is 0 Å². The third-order valence-corrected chi connectivity index (χ3v) is 3.11. The Morgan fingerprint density at radius 2 is 2.15 bits per heavy atom. The minimum absolute atomic E-state index is 1.03. The third kappa shape index (κ3) is 4.29. The SMILES string of the molecule is C/C(=C/c1cccs1)O[Si](C)(C)C. The van der Waals surface area contributed by atoms with Crippen molar-refractivity contribution in [1.29, 1.82) is 0 Å². The molecule has 0 aromatic carbocycles. The highest BCUT2D eigenvalue weighted by Gasteiger charge is 2.15. The van der Waals surface area contributed by atoms with Gasteiger partial charge in [0.25, 0.3) is 0 Å². The van der Waals surface area contributed by atoms with Crippen LogP contribution in [-0.4, -0.2) is 8.32 Å². The first-order valence-electron chi connectivity index (χ1n) is 4.38. The zero-order valence-corrected chi connectivity index (χ0v) is 10.4. The van der Waals surface area contributed by atoms with Crippen molar-refractivity contribution >= 4 is 25.7 Å². The molecule has 1 aromatic rings. The van der Waals surface area contributed by atoms with Gasteiger partial charge in [0, 0.05) is 4.88 Å². The number of hydrogen-bond acceptors (Lipinski definition) is 2. The molecule has 0 N–H and O–H groups in total. The van der Waals surface area contributed by atoms with Gasteiger partial charge in [-0.05, 0) is 44.1 Å². The number of rotatable bonds is 3. The molecule has 1 nitrogen and oxygen atoms in total. The summed E-state index contributed by atoms with van der Waals surface area (Å²) in [6.45, 7) is 8.61. The molecular formula is C10H16OSSi. The maximum absolute atomic E-state index is 5.82. The summed E-state index contributed by atoms with van der Waals surface area (Å²) >= 11 is 1.74. The third-order valence-electron chi connectivity index (χ3n) is 1.36. The van der Waals surface area contributed by atoms with Crippen LogP contribution in [0.25, 0.3) is 6.08 Å². The van der Waals surface area contributed by atoms with Gasteiger partial charge in [-0.15, -0.1) is 11.3 Å². The predicted octanol–water partition coefficient (Wildman–Crippen LogP) is 3.96. The van der Waals surface area contributed by atoms with Crippen molar-refractivity contribution in [3.8, 4) is 0 Å². The maximum atomic E-state index is 5.82. The molecule has 0 amide bonds. The van der Waals surface area contributed by atoms with E-state index in [2.05, 4.69) is 43.2 Å². The molecule has 0 unspecified atom stereocenters. The lowest BCUT2D eigenvalue weighted by Crippen LogP contribution is -2.23. The van der Waals surface area contributed by atoms with Crippen LogP contribution in [0, 0.1) is 0 Å². The largest absolute Gasteiger partial charge is 0.548 e. The maximum Gasteiger partial charge on any atom is 0.241 e. The molecule has 1 rings (SSSR count).